The molecule has 1 aromatic heterocycles. The minimum Gasteiger partial charge on any atom is -0.324 e. The highest BCUT2D eigenvalue weighted by molar-refractivity contribution is 6.00. The molecule has 1 unspecified atom stereocenters. The van der Waals surface area contributed by atoms with Crippen molar-refractivity contribution in [3.8, 4) is 0 Å². The number of nitrogens with zero attached hydrogens (tertiary/aromatic N) is 2. The summed E-state index contributed by atoms with van der Waals surface area (Å²) in [6.45, 7) is 0. The minimum atomic E-state index is -0.160. The maximum atomic E-state index is 12.7. The third-order valence-electron chi connectivity index (χ3n) is 4.10. The van der Waals surface area contributed by atoms with Crippen LogP contribution >= 0.6 is 0 Å². The number of aromatic nitrogens is 1. The Morgan fingerprint density at radius 3 is 2.95 bits per heavy atom. The van der Waals surface area contributed by atoms with Crippen molar-refractivity contribution in [2.45, 2.75) is 12.8 Å². The second-order valence-electron chi connectivity index (χ2n) is 5.49. The number of carbonyl (C=O) groups excluding carboxylic acids is 1. The molecule has 0 saturated heterocycles. The monoisotopic (exact) mass is 289 g/mol. The van der Waals surface area contributed by atoms with E-state index in [1.165, 1.54) is 0 Å². The topological polar surface area (TPSA) is 54.4 Å². The highest BCUT2D eigenvalue weighted by atomic mass is 16.1. The van der Waals surface area contributed by atoms with E-state index in [1.54, 1.807) is 12.4 Å². The van der Waals surface area contributed by atoms with Gasteiger partial charge in [0.25, 0.3) is 0 Å². The van der Waals surface area contributed by atoms with Gasteiger partial charge in [0, 0.05) is 11.4 Å². The van der Waals surface area contributed by atoms with Crippen LogP contribution in [0, 0.1) is 5.92 Å². The van der Waals surface area contributed by atoms with Gasteiger partial charge in [-0.3, -0.25) is 9.78 Å². The fourth-order valence-corrected chi connectivity index (χ4v) is 3.11. The Morgan fingerprint density at radius 1 is 1.18 bits per heavy atom. The van der Waals surface area contributed by atoms with E-state index >= 15 is 0 Å². The first-order chi connectivity index (χ1) is 10.8. The van der Waals surface area contributed by atoms with Gasteiger partial charge in [0.2, 0.25) is 5.91 Å². The van der Waals surface area contributed by atoms with Crippen molar-refractivity contribution >= 4 is 17.2 Å². The number of fused-ring (bicyclic) bond motifs is 2. The summed E-state index contributed by atoms with van der Waals surface area (Å²) in [5, 5.41) is 5.01. The number of hydrogen-bond donors (Lipinski definition) is 1. The van der Waals surface area contributed by atoms with E-state index in [2.05, 4.69) is 21.4 Å². The Morgan fingerprint density at radius 2 is 2.09 bits per heavy atom. The summed E-state index contributed by atoms with van der Waals surface area (Å²) in [7, 11) is 0. The molecule has 108 valence electrons. The molecule has 4 heteroatoms. The van der Waals surface area contributed by atoms with Gasteiger partial charge in [0.15, 0.2) is 0 Å². The molecule has 0 radical (unpaired) electrons. The number of anilines is 1. The average Bonchev–Trinajstić information content (AvgIpc) is 2.94. The van der Waals surface area contributed by atoms with Crippen LogP contribution in [0.15, 0.2) is 65.6 Å². The molecule has 0 saturated carbocycles. The maximum Gasteiger partial charge on any atom is 0.232 e. The largest absolute Gasteiger partial charge is 0.324 e. The number of amides is 1. The van der Waals surface area contributed by atoms with Crippen molar-refractivity contribution in [2.24, 2.45) is 10.9 Å². The van der Waals surface area contributed by atoms with E-state index < -0.39 is 0 Å². The number of pyridine rings is 1. The molecular weight excluding hydrogens is 274 g/mol. The minimum absolute atomic E-state index is 0.0144. The Hall–Kier alpha value is -2.75. The van der Waals surface area contributed by atoms with Crippen molar-refractivity contribution in [3.05, 3.63) is 71.1 Å². The van der Waals surface area contributed by atoms with E-state index in [0.717, 1.165) is 40.4 Å². The highest BCUT2D eigenvalue weighted by Gasteiger charge is 2.30. The summed E-state index contributed by atoms with van der Waals surface area (Å²) < 4.78 is 0. The predicted octanol–water partition coefficient (Wildman–Crippen LogP) is 1.80. The van der Waals surface area contributed by atoms with Crippen LogP contribution in [0.3, 0.4) is 0 Å². The number of nitrogens with one attached hydrogen (secondary N) is 1. The summed E-state index contributed by atoms with van der Waals surface area (Å²) in [6, 6.07) is 11.7. The molecule has 1 N–H and O–H groups in total. The van der Waals surface area contributed by atoms with E-state index in [4.69, 9.17) is 0 Å². The lowest BCUT2D eigenvalue weighted by atomic mass is 9.85. The Labute approximate surface area is 127 Å². The van der Waals surface area contributed by atoms with Gasteiger partial charge in [-0.2, -0.15) is 0 Å². The first kappa shape index (κ1) is 13.0. The third-order valence-corrected chi connectivity index (χ3v) is 4.10. The summed E-state index contributed by atoms with van der Waals surface area (Å²) in [6.07, 6.45) is 7.17. The normalized spacial score (nSPS) is 18.8. The van der Waals surface area contributed by atoms with E-state index in [9.17, 15) is 4.79 Å². The van der Waals surface area contributed by atoms with Crippen molar-refractivity contribution in [1.82, 2.24) is 4.98 Å². The van der Waals surface area contributed by atoms with Crippen LogP contribution < -0.4 is 15.9 Å². The van der Waals surface area contributed by atoms with E-state index in [-0.39, 0.29) is 11.8 Å². The van der Waals surface area contributed by atoms with Gasteiger partial charge in [-0.15, -0.1) is 0 Å². The number of carbonyl (C=O) groups is 1. The Kier molecular flexibility index (Phi) is 3.07. The Balaban J connectivity index is 1.73. The van der Waals surface area contributed by atoms with Gasteiger partial charge in [-0.25, -0.2) is 4.99 Å². The standard InChI is InChI=1S/C18H15N3O/c22-18(20-12-5-4-10-19-11-12)14-7-3-9-16-17(14)13-6-1-2-8-15(13)21-16/h1-2,4-6,8-11,14H,3,7H2,(H,20,22). The molecule has 1 aliphatic carbocycles. The van der Waals surface area contributed by atoms with Gasteiger partial charge in [-0.05, 0) is 36.6 Å². The molecule has 0 spiro atoms. The molecule has 22 heavy (non-hydrogen) atoms. The lowest BCUT2D eigenvalue weighted by Gasteiger charge is -2.22. The van der Waals surface area contributed by atoms with Crippen LogP contribution in [0.5, 0.6) is 0 Å². The Bertz CT molecular complexity index is 884. The fraction of sp³-hybridized carbons (Fsp3) is 0.167. The molecule has 1 amide bonds. The van der Waals surface area contributed by atoms with Crippen molar-refractivity contribution in [1.29, 1.82) is 0 Å². The van der Waals surface area contributed by atoms with Crippen LogP contribution in [-0.4, -0.2) is 10.9 Å². The molecule has 0 fully saturated rings. The van der Waals surface area contributed by atoms with Crippen LogP contribution in [0.2, 0.25) is 0 Å². The van der Waals surface area contributed by atoms with Crippen LogP contribution in [0.1, 0.15) is 12.8 Å². The van der Waals surface area contributed by atoms with Crippen LogP contribution in [-0.2, 0) is 4.79 Å². The number of benzene rings is 1. The van der Waals surface area contributed by atoms with Crippen LogP contribution in [0.4, 0.5) is 5.69 Å². The lowest BCUT2D eigenvalue weighted by Crippen LogP contribution is -2.31. The molecule has 1 aromatic carbocycles. The molecule has 2 aliphatic rings. The van der Waals surface area contributed by atoms with Crippen molar-refractivity contribution in [3.63, 3.8) is 0 Å². The second kappa shape index (κ2) is 5.22. The lowest BCUT2D eigenvalue weighted by molar-refractivity contribution is -0.118. The number of hydrogen-bond acceptors (Lipinski definition) is 3. The number of rotatable bonds is 2. The van der Waals surface area contributed by atoms with E-state index in [1.807, 2.05) is 36.4 Å². The molecule has 2 heterocycles. The highest BCUT2D eigenvalue weighted by Crippen LogP contribution is 2.33. The number of allylic oxidation sites excluding steroid dienone is 2. The average molecular weight is 289 g/mol. The molecular formula is C18H15N3O. The van der Waals surface area contributed by atoms with Gasteiger partial charge in [-0.1, -0.05) is 24.3 Å². The molecule has 2 aromatic rings. The SMILES string of the molecule is O=C(Nc1cccnc1)C1CCC=C2N=c3ccccc3=C21. The van der Waals surface area contributed by atoms with Crippen molar-refractivity contribution in [2.75, 3.05) is 5.32 Å². The van der Waals surface area contributed by atoms with Gasteiger partial charge < -0.3 is 5.32 Å². The fourth-order valence-electron chi connectivity index (χ4n) is 3.11. The van der Waals surface area contributed by atoms with Gasteiger partial charge >= 0.3 is 0 Å². The van der Waals surface area contributed by atoms with Gasteiger partial charge in [0.05, 0.1) is 28.9 Å². The number of para-hydroxylation sites is 1. The zero-order valence-corrected chi connectivity index (χ0v) is 12.0. The molecule has 4 rings (SSSR count). The summed E-state index contributed by atoms with van der Waals surface area (Å²) in [4.78, 5) is 21.4. The third kappa shape index (κ3) is 2.13. The van der Waals surface area contributed by atoms with Crippen molar-refractivity contribution < 1.29 is 4.79 Å². The second-order valence-corrected chi connectivity index (χ2v) is 5.49. The first-order valence-electron chi connectivity index (χ1n) is 7.42. The van der Waals surface area contributed by atoms with E-state index in [0.29, 0.717) is 0 Å². The van der Waals surface area contributed by atoms with Crippen LogP contribution in [0.25, 0.3) is 5.57 Å². The first-order valence-corrected chi connectivity index (χ1v) is 7.42. The smallest absolute Gasteiger partial charge is 0.232 e. The zero-order valence-electron chi connectivity index (χ0n) is 12.0. The van der Waals surface area contributed by atoms with Gasteiger partial charge in [0.1, 0.15) is 0 Å². The summed E-state index contributed by atoms with van der Waals surface area (Å²) in [5.41, 5.74) is 2.74. The quantitative estimate of drug-likeness (QED) is 0.916. The predicted molar refractivity (Wildman–Crippen MR) is 84.3 cm³/mol. The maximum absolute atomic E-state index is 12.7. The molecule has 4 nitrogen and oxygen atoms in total. The summed E-state index contributed by atoms with van der Waals surface area (Å²) >= 11 is 0. The molecule has 1 aliphatic heterocycles. The summed E-state index contributed by atoms with van der Waals surface area (Å²) in [5.74, 6) is -0.145. The molecule has 0 bridgehead atoms. The molecule has 1 atom stereocenters. The zero-order chi connectivity index (χ0) is 14.9.